The second-order valence-corrected chi connectivity index (χ2v) is 8.12. The van der Waals surface area contributed by atoms with Crippen molar-refractivity contribution in [3.05, 3.63) is 83.9 Å². The van der Waals surface area contributed by atoms with Crippen LogP contribution in [0.3, 0.4) is 0 Å². The van der Waals surface area contributed by atoms with Crippen LogP contribution in [-0.4, -0.2) is 36.5 Å². The van der Waals surface area contributed by atoms with Crippen molar-refractivity contribution in [2.45, 2.75) is 45.6 Å². The summed E-state index contributed by atoms with van der Waals surface area (Å²) in [5.74, 6) is -2.19. The van der Waals surface area contributed by atoms with E-state index in [2.05, 4.69) is 54.6 Å². The van der Waals surface area contributed by atoms with Gasteiger partial charge in [-0.05, 0) is 75.7 Å². The molecule has 1 heterocycles. The largest absolute Gasteiger partial charge is 0.352 e. The van der Waals surface area contributed by atoms with Crippen LogP contribution in [0.4, 0.5) is 8.78 Å². The van der Waals surface area contributed by atoms with Crippen molar-refractivity contribution >= 4 is 5.91 Å². The molecule has 1 aliphatic heterocycles. The lowest BCUT2D eigenvalue weighted by molar-refractivity contribution is 0.0920. The van der Waals surface area contributed by atoms with Gasteiger partial charge in [0.05, 0.1) is 5.56 Å². The van der Waals surface area contributed by atoms with Crippen LogP contribution in [-0.2, 0) is 6.42 Å². The summed E-state index contributed by atoms with van der Waals surface area (Å²) in [6.07, 6.45) is 4.21. The number of hydrogen-bond acceptors (Lipinski definition) is 2. The van der Waals surface area contributed by atoms with Gasteiger partial charge in [0.15, 0.2) is 11.6 Å². The molecule has 1 N–H and O–H groups in total. The van der Waals surface area contributed by atoms with E-state index in [9.17, 15) is 13.6 Å². The summed E-state index contributed by atoms with van der Waals surface area (Å²) in [5.41, 5.74) is 1.35. The summed E-state index contributed by atoms with van der Waals surface area (Å²) < 4.78 is 27.6. The Morgan fingerprint density at radius 1 is 1.10 bits per heavy atom. The van der Waals surface area contributed by atoms with E-state index in [1.807, 2.05) is 6.07 Å². The number of piperidine rings is 1. The molecule has 0 aliphatic carbocycles. The zero-order valence-corrected chi connectivity index (χ0v) is 18.7. The standard InChI is InChI=1S/C24H30F2N2O.C2H4/c1-17-8-11-21(23(26)22(17)25)24(29)27-16-20-12-14-28(15-13-20)18(2)9-10-19-6-4-3-5-7-19;1-2/h3-8,11,18,20H,9-10,12-16H2,1-2H3,(H,27,29);1-2H2. The number of halogens is 2. The minimum Gasteiger partial charge on any atom is -0.352 e. The maximum absolute atomic E-state index is 14.0. The van der Waals surface area contributed by atoms with Crippen molar-refractivity contribution in [2.75, 3.05) is 19.6 Å². The van der Waals surface area contributed by atoms with Crippen molar-refractivity contribution < 1.29 is 13.6 Å². The van der Waals surface area contributed by atoms with E-state index in [1.54, 1.807) is 0 Å². The summed E-state index contributed by atoms with van der Waals surface area (Å²) in [6.45, 7) is 12.3. The number of hydrogen-bond donors (Lipinski definition) is 1. The average molecular weight is 429 g/mol. The van der Waals surface area contributed by atoms with E-state index < -0.39 is 17.5 Å². The quantitative estimate of drug-likeness (QED) is 0.588. The number of aryl methyl sites for hydroxylation is 2. The summed E-state index contributed by atoms with van der Waals surface area (Å²) in [5, 5.41) is 2.78. The molecule has 1 aliphatic rings. The molecule has 1 amide bonds. The van der Waals surface area contributed by atoms with Crippen LogP contribution in [0, 0.1) is 24.5 Å². The first-order valence-electron chi connectivity index (χ1n) is 11.0. The number of benzene rings is 2. The third-order valence-electron chi connectivity index (χ3n) is 6.04. The van der Waals surface area contributed by atoms with E-state index in [-0.39, 0.29) is 11.1 Å². The Kier molecular flexibility index (Phi) is 9.86. The van der Waals surface area contributed by atoms with Crippen LogP contribution in [0.15, 0.2) is 55.6 Å². The molecule has 2 aromatic rings. The number of nitrogens with one attached hydrogen (secondary N) is 1. The first-order valence-corrected chi connectivity index (χ1v) is 11.0. The van der Waals surface area contributed by atoms with Gasteiger partial charge < -0.3 is 10.2 Å². The molecule has 3 rings (SSSR count). The van der Waals surface area contributed by atoms with E-state index in [0.717, 1.165) is 38.8 Å². The van der Waals surface area contributed by atoms with Crippen molar-refractivity contribution in [3.63, 3.8) is 0 Å². The van der Waals surface area contributed by atoms with Crippen molar-refractivity contribution in [1.82, 2.24) is 10.2 Å². The number of amides is 1. The molecule has 1 fully saturated rings. The van der Waals surface area contributed by atoms with Gasteiger partial charge in [-0.25, -0.2) is 8.78 Å². The van der Waals surface area contributed by atoms with Gasteiger partial charge in [0.1, 0.15) is 0 Å². The third kappa shape index (κ3) is 7.00. The van der Waals surface area contributed by atoms with E-state index >= 15 is 0 Å². The topological polar surface area (TPSA) is 32.3 Å². The van der Waals surface area contributed by atoms with Gasteiger partial charge in [-0.2, -0.15) is 0 Å². The van der Waals surface area contributed by atoms with Gasteiger partial charge >= 0.3 is 0 Å². The SMILES string of the molecule is C=C.Cc1ccc(C(=O)NCC2CCN(C(C)CCc3ccccc3)CC2)c(F)c1F. The summed E-state index contributed by atoms with van der Waals surface area (Å²) in [7, 11) is 0. The second-order valence-electron chi connectivity index (χ2n) is 8.12. The van der Waals surface area contributed by atoms with Crippen LogP contribution in [0.2, 0.25) is 0 Å². The summed E-state index contributed by atoms with van der Waals surface area (Å²) in [6, 6.07) is 13.8. The molecule has 0 spiro atoms. The fraction of sp³-hybridized carbons (Fsp3) is 0.423. The van der Waals surface area contributed by atoms with E-state index in [4.69, 9.17) is 0 Å². The second kappa shape index (κ2) is 12.4. The summed E-state index contributed by atoms with van der Waals surface area (Å²) in [4.78, 5) is 14.7. The third-order valence-corrected chi connectivity index (χ3v) is 6.04. The molecular weight excluding hydrogens is 394 g/mol. The molecule has 168 valence electrons. The van der Waals surface area contributed by atoms with Gasteiger partial charge in [0.2, 0.25) is 0 Å². The highest BCUT2D eigenvalue weighted by Crippen LogP contribution is 2.21. The Bertz CT molecular complexity index is 833. The highest BCUT2D eigenvalue weighted by Gasteiger charge is 2.24. The Hall–Kier alpha value is -2.53. The first-order chi connectivity index (χ1) is 15.0. The maximum atomic E-state index is 14.0. The molecule has 1 unspecified atom stereocenters. The zero-order chi connectivity index (χ0) is 22.8. The molecule has 1 saturated heterocycles. The molecule has 0 saturated carbocycles. The number of nitrogens with zero attached hydrogens (tertiary/aromatic N) is 1. The normalized spacial score (nSPS) is 15.6. The molecule has 1 atom stereocenters. The van der Waals surface area contributed by atoms with Gasteiger partial charge in [-0.3, -0.25) is 4.79 Å². The van der Waals surface area contributed by atoms with Crippen molar-refractivity contribution in [3.8, 4) is 0 Å². The number of carbonyl (C=O) groups excluding carboxylic acids is 1. The highest BCUT2D eigenvalue weighted by molar-refractivity contribution is 5.94. The predicted octanol–water partition coefficient (Wildman–Crippen LogP) is 5.54. The lowest BCUT2D eigenvalue weighted by Crippen LogP contribution is -2.42. The average Bonchev–Trinajstić information content (AvgIpc) is 2.82. The Morgan fingerprint density at radius 3 is 2.39 bits per heavy atom. The highest BCUT2D eigenvalue weighted by atomic mass is 19.2. The van der Waals surface area contributed by atoms with Crippen LogP contribution in [0.1, 0.15) is 47.7 Å². The lowest BCUT2D eigenvalue weighted by Gasteiger charge is -2.36. The minimum absolute atomic E-state index is 0.202. The summed E-state index contributed by atoms with van der Waals surface area (Å²) >= 11 is 0. The van der Waals surface area contributed by atoms with Crippen molar-refractivity contribution in [1.29, 1.82) is 0 Å². The lowest BCUT2D eigenvalue weighted by atomic mass is 9.94. The Morgan fingerprint density at radius 2 is 1.74 bits per heavy atom. The van der Waals surface area contributed by atoms with Crippen LogP contribution in [0.25, 0.3) is 0 Å². The maximum Gasteiger partial charge on any atom is 0.254 e. The monoisotopic (exact) mass is 428 g/mol. The molecule has 2 aromatic carbocycles. The van der Waals surface area contributed by atoms with Crippen LogP contribution in [0.5, 0.6) is 0 Å². The van der Waals surface area contributed by atoms with Gasteiger partial charge in [-0.15, -0.1) is 13.2 Å². The molecule has 0 bridgehead atoms. The molecule has 0 radical (unpaired) electrons. The molecule has 5 heteroatoms. The fourth-order valence-electron chi connectivity index (χ4n) is 3.95. The van der Waals surface area contributed by atoms with Gasteiger partial charge in [0, 0.05) is 12.6 Å². The van der Waals surface area contributed by atoms with Crippen LogP contribution < -0.4 is 5.32 Å². The molecular formula is C26H34F2N2O. The molecule has 0 aromatic heterocycles. The Labute approximate surface area is 185 Å². The van der Waals surface area contributed by atoms with Crippen molar-refractivity contribution in [2.24, 2.45) is 5.92 Å². The van der Waals surface area contributed by atoms with Gasteiger partial charge in [0.25, 0.3) is 5.91 Å². The Balaban J connectivity index is 0.00000166. The van der Waals surface area contributed by atoms with Gasteiger partial charge in [-0.1, -0.05) is 36.4 Å². The minimum atomic E-state index is -1.07. The number of carbonyl (C=O) groups is 1. The van der Waals surface area contributed by atoms with Crippen LogP contribution >= 0.6 is 0 Å². The number of rotatable bonds is 7. The molecule has 3 nitrogen and oxygen atoms in total. The predicted molar refractivity (Wildman–Crippen MR) is 123 cm³/mol. The first kappa shape index (κ1) is 24.7. The van der Waals surface area contributed by atoms with E-state index in [1.165, 1.54) is 24.6 Å². The smallest absolute Gasteiger partial charge is 0.254 e. The zero-order valence-electron chi connectivity index (χ0n) is 18.7. The fourth-order valence-corrected chi connectivity index (χ4v) is 3.95. The van der Waals surface area contributed by atoms with E-state index in [0.29, 0.717) is 18.5 Å². The number of likely N-dealkylation sites (tertiary alicyclic amines) is 1. The molecule has 31 heavy (non-hydrogen) atoms.